The molecule has 66 valence electrons. The molecule has 0 unspecified atom stereocenters. The molecule has 4 heteroatoms. The maximum atomic E-state index is 11.0. The van der Waals surface area contributed by atoms with E-state index in [9.17, 15) is 8.42 Å². The summed E-state index contributed by atoms with van der Waals surface area (Å²) in [7, 11) is -2.93. The average molecular weight is 177 g/mol. The SMILES string of the molecule is C[C@H]([C@@H](N)C1CC1)S(C)(=O)=O. The molecule has 0 saturated heterocycles. The highest BCUT2D eigenvalue weighted by molar-refractivity contribution is 7.91. The molecule has 1 fully saturated rings. The Bertz CT molecular complexity index is 231. The van der Waals surface area contributed by atoms with Crippen molar-refractivity contribution in [2.75, 3.05) is 6.26 Å². The van der Waals surface area contributed by atoms with E-state index in [1.54, 1.807) is 6.92 Å². The van der Waals surface area contributed by atoms with Crippen molar-refractivity contribution in [3.8, 4) is 0 Å². The standard InChI is InChI=1S/C7H15NO2S/c1-5(11(2,9)10)7(8)6-3-4-6/h5-7H,3-4,8H2,1-2H3/t5-,7-/m1/s1. The first-order valence-electron chi connectivity index (χ1n) is 3.87. The second-order valence-corrected chi connectivity index (χ2v) is 5.85. The molecule has 1 aliphatic rings. The molecule has 2 atom stereocenters. The fourth-order valence-electron chi connectivity index (χ4n) is 1.15. The van der Waals surface area contributed by atoms with Crippen LogP contribution in [0.5, 0.6) is 0 Å². The van der Waals surface area contributed by atoms with E-state index in [4.69, 9.17) is 5.73 Å². The number of hydrogen-bond donors (Lipinski definition) is 1. The van der Waals surface area contributed by atoms with Crippen LogP contribution in [0.4, 0.5) is 0 Å². The van der Waals surface area contributed by atoms with Gasteiger partial charge in [-0.1, -0.05) is 0 Å². The van der Waals surface area contributed by atoms with E-state index in [0.717, 1.165) is 12.8 Å². The van der Waals surface area contributed by atoms with Gasteiger partial charge in [-0.3, -0.25) is 0 Å². The molecule has 1 rings (SSSR count). The lowest BCUT2D eigenvalue weighted by Crippen LogP contribution is -2.39. The summed E-state index contributed by atoms with van der Waals surface area (Å²) in [5, 5.41) is -0.380. The molecule has 0 aromatic rings. The van der Waals surface area contributed by atoms with Crippen LogP contribution in [0, 0.1) is 5.92 Å². The van der Waals surface area contributed by atoms with Crippen molar-refractivity contribution in [3.05, 3.63) is 0 Å². The van der Waals surface area contributed by atoms with Gasteiger partial charge in [0.15, 0.2) is 9.84 Å². The van der Waals surface area contributed by atoms with Crippen LogP contribution in [0.2, 0.25) is 0 Å². The summed E-state index contributed by atoms with van der Waals surface area (Å²) in [5.41, 5.74) is 5.73. The highest BCUT2D eigenvalue weighted by Crippen LogP contribution is 2.34. The molecular weight excluding hydrogens is 162 g/mol. The second kappa shape index (κ2) is 2.75. The van der Waals surface area contributed by atoms with Crippen molar-refractivity contribution in [3.63, 3.8) is 0 Å². The first-order chi connectivity index (χ1) is 4.93. The Morgan fingerprint density at radius 3 is 2.18 bits per heavy atom. The van der Waals surface area contributed by atoms with Crippen molar-refractivity contribution in [2.24, 2.45) is 11.7 Å². The van der Waals surface area contributed by atoms with Gasteiger partial charge in [-0.05, 0) is 25.7 Å². The Labute approximate surface area is 67.9 Å². The smallest absolute Gasteiger partial charge is 0.151 e. The predicted molar refractivity (Wildman–Crippen MR) is 45.0 cm³/mol. The average Bonchev–Trinajstić information content (AvgIpc) is 2.63. The van der Waals surface area contributed by atoms with E-state index < -0.39 is 9.84 Å². The summed E-state index contributed by atoms with van der Waals surface area (Å²) in [4.78, 5) is 0. The van der Waals surface area contributed by atoms with E-state index in [-0.39, 0.29) is 11.3 Å². The van der Waals surface area contributed by atoms with Gasteiger partial charge in [0.1, 0.15) is 0 Å². The van der Waals surface area contributed by atoms with Crippen molar-refractivity contribution in [2.45, 2.75) is 31.1 Å². The van der Waals surface area contributed by atoms with Gasteiger partial charge in [0, 0.05) is 12.3 Å². The normalized spacial score (nSPS) is 24.6. The number of hydrogen-bond acceptors (Lipinski definition) is 3. The van der Waals surface area contributed by atoms with Crippen LogP contribution in [-0.2, 0) is 9.84 Å². The van der Waals surface area contributed by atoms with E-state index >= 15 is 0 Å². The zero-order valence-corrected chi connectivity index (χ0v) is 7.76. The summed E-state index contributed by atoms with van der Waals surface area (Å²) < 4.78 is 22.0. The fourth-order valence-corrected chi connectivity index (χ4v) is 1.94. The summed E-state index contributed by atoms with van der Waals surface area (Å²) in [6, 6.07) is -0.148. The molecule has 0 bridgehead atoms. The van der Waals surface area contributed by atoms with Crippen LogP contribution in [0.1, 0.15) is 19.8 Å². The summed E-state index contributed by atoms with van der Waals surface area (Å²) in [6.07, 6.45) is 3.45. The predicted octanol–water partition coefficient (Wildman–Crippen LogP) is 0.157. The molecule has 1 saturated carbocycles. The zero-order chi connectivity index (χ0) is 8.65. The largest absolute Gasteiger partial charge is 0.326 e. The van der Waals surface area contributed by atoms with Crippen LogP contribution in [0.3, 0.4) is 0 Å². The number of nitrogens with two attached hydrogens (primary N) is 1. The molecule has 3 nitrogen and oxygen atoms in total. The van der Waals surface area contributed by atoms with Crippen molar-refractivity contribution >= 4 is 9.84 Å². The number of sulfone groups is 1. The molecule has 11 heavy (non-hydrogen) atoms. The monoisotopic (exact) mass is 177 g/mol. The van der Waals surface area contributed by atoms with Crippen molar-refractivity contribution in [1.82, 2.24) is 0 Å². The minimum Gasteiger partial charge on any atom is -0.326 e. The van der Waals surface area contributed by atoms with Crippen LogP contribution >= 0.6 is 0 Å². The van der Waals surface area contributed by atoms with Crippen molar-refractivity contribution < 1.29 is 8.42 Å². The summed E-state index contributed by atoms with van der Waals surface area (Å²) in [5.74, 6) is 0.458. The minimum absolute atomic E-state index is 0.148. The molecule has 0 aromatic heterocycles. The Morgan fingerprint density at radius 2 is 1.91 bits per heavy atom. The lowest BCUT2D eigenvalue weighted by atomic mass is 10.1. The number of rotatable bonds is 3. The van der Waals surface area contributed by atoms with Gasteiger partial charge in [-0.15, -0.1) is 0 Å². The molecule has 0 aromatic carbocycles. The van der Waals surface area contributed by atoms with E-state index in [1.807, 2.05) is 0 Å². The van der Waals surface area contributed by atoms with Gasteiger partial charge in [0.2, 0.25) is 0 Å². The highest BCUT2D eigenvalue weighted by Gasteiger charge is 2.35. The highest BCUT2D eigenvalue weighted by atomic mass is 32.2. The van der Waals surface area contributed by atoms with Gasteiger partial charge < -0.3 is 5.73 Å². The second-order valence-electron chi connectivity index (χ2n) is 3.45. The third-order valence-electron chi connectivity index (χ3n) is 2.38. The van der Waals surface area contributed by atoms with Crippen LogP contribution in [-0.4, -0.2) is 26.0 Å². The van der Waals surface area contributed by atoms with Crippen LogP contribution < -0.4 is 5.73 Å². The molecule has 0 heterocycles. The molecule has 2 N–H and O–H groups in total. The first kappa shape index (κ1) is 9.00. The van der Waals surface area contributed by atoms with Gasteiger partial charge in [-0.25, -0.2) is 8.42 Å². The maximum absolute atomic E-state index is 11.0. The van der Waals surface area contributed by atoms with Crippen LogP contribution in [0.15, 0.2) is 0 Å². The lowest BCUT2D eigenvalue weighted by Gasteiger charge is -2.16. The van der Waals surface area contributed by atoms with Crippen LogP contribution in [0.25, 0.3) is 0 Å². The van der Waals surface area contributed by atoms with Gasteiger partial charge >= 0.3 is 0 Å². The van der Waals surface area contributed by atoms with Gasteiger partial charge in [-0.2, -0.15) is 0 Å². The zero-order valence-electron chi connectivity index (χ0n) is 6.95. The first-order valence-corrected chi connectivity index (χ1v) is 5.83. The topological polar surface area (TPSA) is 60.2 Å². The minimum atomic E-state index is -2.93. The third-order valence-corrected chi connectivity index (χ3v) is 4.05. The van der Waals surface area contributed by atoms with E-state index in [1.165, 1.54) is 6.26 Å². The molecule has 0 aliphatic heterocycles. The molecule has 0 spiro atoms. The summed E-state index contributed by atoms with van der Waals surface area (Å²) in [6.45, 7) is 1.69. The quantitative estimate of drug-likeness (QED) is 0.668. The molecule has 0 radical (unpaired) electrons. The Balaban J connectivity index is 2.59. The van der Waals surface area contributed by atoms with Gasteiger partial charge in [0.25, 0.3) is 0 Å². The summed E-state index contributed by atoms with van der Waals surface area (Å²) >= 11 is 0. The lowest BCUT2D eigenvalue weighted by molar-refractivity contribution is 0.536. The Hall–Kier alpha value is -0.0900. The van der Waals surface area contributed by atoms with Gasteiger partial charge in [0.05, 0.1) is 5.25 Å². The Kier molecular flexibility index (Phi) is 2.25. The molecular formula is C7H15NO2S. The van der Waals surface area contributed by atoms with Crippen molar-refractivity contribution in [1.29, 1.82) is 0 Å². The third kappa shape index (κ3) is 2.17. The van der Waals surface area contributed by atoms with E-state index in [2.05, 4.69) is 0 Å². The molecule has 0 amide bonds. The molecule has 1 aliphatic carbocycles. The van der Waals surface area contributed by atoms with E-state index in [0.29, 0.717) is 5.92 Å². The maximum Gasteiger partial charge on any atom is 0.151 e. The Morgan fingerprint density at radius 1 is 1.45 bits per heavy atom. The fraction of sp³-hybridized carbons (Fsp3) is 1.00.